The molecule has 0 aliphatic rings. The number of rotatable bonds is 12. The summed E-state index contributed by atoms with van der Waals surface area (Å²) < 4.78 is 5.84. The van der Waals surface area contributed by atoms with Crippen LogP contribution in [0.3, 0.4) is 0 Å². The second kappa shape index (κ2) is 10.6. The topological polar surface area (TPSA) is 33.4 Å². The molecule has 2 rings (SSSR count). The van der Waals surface area contributed by atoms with Gasteiger partial charge in [0.2, 0.25) is 0 Å². The van der Waals surface area contributed by atoms with E-state index < -0.39 is 0 Å². The number of fused-ring (bicyclic) bond motifs is 1. The quantitative estimate of drug-likeness (QED) is 0.421. The molecule has 0 amide bonds. The number of phenolic OH excluding ortho intramolecular Hbond substituents is 1. The standard InChI is InChI=1S/C24H38O2/c1-18(2)8-5-9-19(3)10-6-11-20(4)12-7-13-23-16-21-14-15-22(25)17-24(21)26-23/h14-20,25H,5-13H2,1-4H3. The van der Waals surface area contributed by atoms with Crippen LogP contribution in [0.15, 0.2) is 28.7 Å². The number of phenols is 1. The third-order valence-corrected chi connectivity index (χ3v) is 5.55. The molecule has 2 heteroatoms. The van der Waals surface area contributed by atoms with Crippen molar-refractivity contribution in [1.82, 2.24) is 0 Å². The lowest BCUT2D eigenvalue weighted by Gasteiger charge is -2.14. The van der Waals surface area contributed by atoms with Crippen LogP contribution in [0.5, 0.6) is 5.75 Å². The van der Waals surface area contributed by atoms with E-state index in [0.717, 1.165) is 40.9 Å². The lowest BCUT2D eigenvalue weighted by atomic mass is 9.92. The summed E-state index contributed by atoms with van der Waals surface area (Å²) in [6.45, 7) is 9.45. The minimum absolute atomic E-state index is 0.269. The predicted molar refractivity (Wildman–Crippen MR) is 112 cm³/mol. The molecule has 0 radical (unpaired) electrons. The summed E-state index contributed by atoms with van der Waals surface area (Å²) in [5, 5.41) is 10.6. The van der Waals surface area contributed by atoms with Gasteiger partial charge in [-0.3, -0.25) is 0 Å². The molecule has 0 aliphatic heterocycles. The Kier molecular flexibility index (Phi) is 8.54. The van der Waals surface area contributed by atoms with E-state index in [4.69, 9.17) is 4.42 Å². The first kappa shape index (κ1) is 20.9. The maximum atomic E-state index is 9.52. The Hall–Kier alpha value is -1.44. The lowest BCUT2D eigenvalue weighted by Crippen LogP contribution is -2.00. The molecule has 2 nitrogen and oxygen atoms in total. The second-order valence-electron chi connectivity index (χ2n) is 8.79. The van der Waals surface area contributed by atoms with Gasteiger partial charge in [0.1, 0.15) is 17.1 Å². The molecule has 0 saturated carbocycles. The van der Waals surface area contributed by atoms with Crippen LogP contribution in [0, 0.1) is 17.8 Å². The summed E-state index contributed by atoms with van der Waals surface area (Å²) in [6.07, 6.45) is 11.7. The number of aryl methyl sites for hydroxylation is 1. The van der Waals surface area contributed by atoms with E-state index in [1.165, 1.54) is 51.4 Å². The predicted octanol–water partition coefficient (Wildman–Crippen LogP) is 7.73. The Balaban J connectivity index is 1.58. The molecule has 1 N–H and O–H groups in total. The summed E-state index contributed by atoms with van der Waals surface area (Å²) in [6, 6.07) is 7.44. The molecule has 0 bridgehead atoms. The highest BCUT2D eigenvalue weighted by Crippen LogP contribution is 2.25. The molecule has 146 valence electrons. The highest BCUT2D eigenvalue weighted by molar-refractivity contribution is 5.79. The van der Waals surface area contributed by atoms with Gasteiger partial charge < -0.3 is 9.52 Å². The van der Waals surface area contributed by atoms with Crippen molar-refractivity contribution in [3.63, 3.8) is 0 Å². The first-order chi connectivity index (χ1) is 12.4. The van der Waals surface area contributed by atoms with Crippen molar-refractivity contribution < 1.29 is 9.52 Å². The van der Waals surface area contributed by atoms with Crippen molar-refractivity contribution >= 4 is 11.0 Å². The van der Waals surface area contributed by atoms with Crippen LogP contribution in [0.25, 0.3) is 11.0 Å². The Morgan fingerprint density at radius 3 is 2.08 bits per heavy atom. The smallest absolute Gasteiger partial charge is 0.137 e. The number of hydrogen-bond donors (Lipinski definition) is 1. The maximum absolute atomic E-state index is 9.52. The normalized spacial score (nSPS) is 14.2. The Labute approximate surface area is 160 Å². The van der Waals surface area contributed by atoms with Gasteiger partial charge in [0.05, 0.1) is 0 Å². The fourth-order valence-electron chi connectivity index (χ4n) is 3.80. The van der Waals surface area contributed by atoms with Crippen LogP contribution in [-0.2, 0) is 6.42 Å². The number of furan rings is 1. The molecule has 1 aromatic heterocycles. The zero-order chi connectivity index (χ0) is 18.9. The van der Waals surface area contributed by atoms with Gasteiger partial charge in [-0.25, -0.2) is 0 Å². The van der Waals surface area contributed by atoms with Crippen molar-refractivity contribution in [3.05, 3.63) is 30.0 Å². The van der Waals surface area contributed by atoms with Crippen molar-refractivity contribution in [2.24, 2.45) is 17.8 Å². The highest BCUT2D eigenvalue weighted by atomic mass is 16.3. The van der Waals surface area contributed by atoms with Crippen LogP contribution in [0.4, 0.5) is 0 Å². The Morgan fingerprint density at radius 2 is 1.42 bits per heavy atom. The molecule has 0 saturated heterocycles. The minimum Gasteiger partial charge on any atom is -0.508 e. The van der Waals surface area contributed by atoms with Crippen molar-refractivity contribution in [2.75, 3.05) is 0 Å². The summed E-state index contributed by atoms with van der Waals surface area (Å²) in [4.78, 5) is 0. The van der Waals surface area contributed by atoms with E-state index in [0.29, 0.717) is 0 Å². The maximum Gasteiger partial charge on any atom is 0.137 e. The molecule has 0 spiro atoms. The van der Waals surface area contributed by atoms with Crippen molar-refractivity contribution in [2.45, 2.75) is 85.5 Å². The molecule has 2 atom stereocenters. The third-order valence-electron chi connectivity index (χ3n) is 5.55. The molecule has 1 heterocycles. The molecular weight excluding hydrogens is 320 g/mol. The van der Waals surface area contributed by atoms with E-state index >= 15 is 0 Å². The van der Waals surface area contributed by atoms with Gasteiger partial charge in [0, 0.05) is 17.9 Å². The fraction of sp³-hybridized carbons (Fsp3) is 0.667. The van der Waals surface area contributed by atoms with Crippen LogP contribution in [0.1, 0.15) is 84.8 Å². The third kappa shape index (κ3) is 7.43. The Morgan fingerprint density at radius 1 is 0.808 bits per heavy atom. The Bertz CT molecular complexity index is 641. The minimum atomic E-state index is 0.269. The molecule has 1 aromatic carbocycles. The van der Waals surface area contributed by atoms with Crippen LogP contribution < -0.4 is 0 Å². The first-order valence-electron chi connectivity index (χ1n) is 10.7. The van der Waals surface area contributed by atoms with Crippen molar-refractivity contribution in [1.29, 1.82) is 0 Å². The number of aromatic hydroxyl groups is 1. The van der Waals surface area contributed by atoms with E-state index in [-0.39, 0.29) is 5.75 Å². The van der Waals surface area contributed by atoms with E-state index in [2.05, 4.69) is 33.8 Å². The zero-order valence-corrected chi connectivity index (χ0v) is 17.3. The molecule has 0 aliphatic carbocycles. The number of benzene rings is 1. The molecule has 26 heavy (non-hydrogen) atoms. The van der Waals surface area contributed by atoms with Gasteiger partial charge in [-0.2, -0.15) is 0 Å². The first-order valence-corrected chi connectivity index (χ1v) is 10.7. The van der Waals surface area contributed by atoms with Gasteiger partial charge in [-0.1, -0.05) is 72.6 Å². The van der Waals surface area contributed by atoms with Crippen LogP contribution in [0.2, 0.25) is 0 Å². The van der Waals surface area contributed by atoms with Gasteiger partial charge in [0.15, 0.2) is 0 Å². The summed E-state index contributed by atoms with van der Waals surface area (Å²) in [5.41, 5.74) is 0.791. The van der Waals surface area contributed by atoms with Gasteiger partial charge in [-0.05, 0) is 42.4 Å². The van der Waals surface area contributed by atoms with Crippen LogP contribution in [-0.4, -0.2) is 5.11 Å². The molecule has 2 aromatic rings. The summed E-state index contributed by atoms with van der Waals surface area (Å²) in [5.74, 6) is 3.83. The monoisotopic (exact) mass is 358 g/mol. The average Bonchev–Trinajstić information content (AvgIpc) is 2.96. The lowest BCUT2D eigenvalue weighted by molar-refractivity contribution is 0.386. The van der Waals surface area contributed by atoms with E-state index in [9.17, 15) is 5.11 Å². The summed E-state index contributed by atoms with van der Waals surface area (Å²) in [7, 11) is 0. The zero-order valence-electron chi connectivity index (χ0n) is 17.3. The largest absolute Gasteiger partial charge is 0.508 e. The van der Waals surface area contributed by atoms with E-state index in [1.807, 2.05) is 6.07 Å². The van der Waals surface area contributed by atoms with Gasteiger partial charge in [-0.15, -0.1) is 0 Å². The molecular formula is C24H38O2. The van der Waals surface area contributed by atoms with Crippen molar-refractivity contribution in [3.8, 4) is 5.75 Å². The summed E-state index contributed by atoms with van der Waals surface area (Å²) >= 11 is 0. The SMILES string of the molecule is CC(C)CCCC(C)CCCC(C)CCCc1cc2ccc(O)cc2o1. The number of hydrogen-bond acceptors (Lipinski definition) is 2. The van der Waals surface area contributed by atoms with E-state index in [1.54, 1.807) is 12.1 Å². The molecule has 2 unspecified atom stereocenters. The fourth-order valence-corrected chi connectivity index (χ4v) is 3.80. The molecule has 0 fully saturated rings. The van der Waals surface area contributed by atoms with Crippen LogP contribution >= 0.6 is 0 Å². The van der Waals surface area contributed by atoms with Gasteiger partial charge >= 0.3 is 0 Å². The highest BCUT2D eigenvalue weighted by Gasteiger charge is 2.08. The average molecular weight is 359 g/mol. The second-order valence-corrected chi connectivity index (χ2v) is 8.79. The van der Waals surface area contributed by atoms with Gasteiger partial charge in [0.25, 0.3) is 0 Å².